The summed E-state index contributed by atoms with van der Waals surface area (Å²) in [6.07, 6.45) is -4.69. The minimum absolute atomic E-state index is 0.0395. The van der Waals surface area contributed by atoms with Gasteiger partial charge in [0.05, 0.1) is 0 Å². The van der Waals surface area contributed by atoms with Crippen molar-refractivity contribution in [1.29, 1.82) is 0 Å². The van der Waals surface area contributed by atoms with Gasteiger partial charge in [0.2, 0.25) is 0 Å². The van der Waals surface area contributed by atoms with Crippen molar-refractivity contribution in [2.24, 2.45) is 0 Å². The number of hydrogen-bond acceptors (Lipinski definition) is 8. The van der Waals surface area contributed by atoms with Crippen molar-refractivity contribution >= 4 is 28.4 Å². The molecule has 0 saturated carbocycles. The molecule has 0 saturated heterocycles. The molecule has 0 spiro atoms. The molecule has 0 aliphatic rings. The summed E-state index contributed by atoms with van der Waals surface area (Å²) in [6, 6.07) is 9.19. The first-order chi connectivity index (χ1) is 14.3. The molecule has 0 radical (unpaired) electrons. The second-order valence-electron chi connectivity index (χ2n) is 6.44. The number of hydrogen-bond donors (Lipinski definition) is 0. The standard InChI is InChI=1S/C18H11F3N6O2S/c1-8-9(2)15(26-27-13(8)22-24-16(27)18(19,20)21)30-17-25-23-14(29-17)12-7-10-5-3-4-6-11(10)28-12/h3-7H,1-2H3. The van der Waals surface area contributed by atoms with E-state index in [4.69, 9.17) is 8.83 Å². The van der Waals surface area contributed by atoms with Gasteiger partial charge in [-0.15, -0.1) is 20.4 Å². The summed E-state index contributed by atoms with van der Waals surface area (Å²) in [5.41, 5.74) is 1.87. The summed E-state index contributed by atoms with van der Waals surface area (Å²) in [6.45, 7) is 3.38. The third-order valence-electron chi connectivity index (χ3n) is 4.53. The van der Waals surface area contributed by atoms with Gasteiger partial charge in [0.15, 0.2) is 11.4 Å². The summed E-state index contributed by atoms with van der Waals surface area (Å²) in [5.74, 6) is -0.648. The van der Waals surface area contributed by atoms with Crippen molar-refractivity contribution in [2.45, 2.75) is 30.3 Å². The highest BCUT2D eigenvalue weighted by atomic mass is 32.2. The Kier molecular flexibility index (Phi) is 4.07. The molecule has 0 bridgehead atoms. The van der Waals surface area contributed by atoms with Crippen LogP contribution in [0.1, 0.15) is 17.0 Å². The molecule has 5 rings (SSSR count). The van der Waals surface area contributed by atoms with Crippen LogP contribution in [0.2, 0.25) is 0 Å². The van der Waals surface area contributed by atoms with E-state index >= 15 is 0 Å². The molecule has 1 aromatic carbocycles. The minimum atomic E-state index is -4.69. The van der Waals surface area contributed by atoms with E-state index in [0.717, 1.165) is 17.1 Å². The van der Waals surface area contributed by atoms with Gasteiger partial charge in [-0.05, 0) is 43.3 Å². The molecule has 0 unspecified atom stereocenters. The fraction of sp³-hybridized carbons (Fsp3) is 0.167. The number of rotatable bonds is 3. The van der Waals surface area contributed by atoms with Crippen LogP contribution in [-0.2, 0) is 6.18 Å². The zero-order valence-corrected chi connectivity index (χ0v) is 16.2. The molecule has 0 N–H and O–H groups in total. The summed E-state index contributed by atoms with van der Waals surface area (Å²) < 4.78 is 51.6. The smallest absolute Gasteiger partial charge is 0.451 e. The lowest BCUT2D eigenvalue weighted by molar-refractivity contribution is -0.146. The SMILES string of the molecule is Cc1c(Sc2nnc(-c3cc4ccccc4o3)o2)nn2c(C(F)(F)F)nnc2c1C. The van der Waals surface area contributed by atoms with E-state index in [0.29, 0.717) is 27.0 Å². The number of aromatic nitrogens is 6. The van der Waals surface area contributed by atoms with Crippen LogP contribution in [0.3, 0.4) is 0 Å². The van der Waals surface area contributed by atoms with E-state index in [1.54, 1.807) is 19.9 Å². The zero-order valence-electron chi connectivity index (χ0n) is 15.4. The Morgan fingerprint density at radius 2 is 1.77 bits per heavy atom. The predicted octanol–water partition coefficient (Wildman–Crippen LogP) is 4.71. The number of halogens is 3. The van der Waals surface area contributed by atoms with E-state index in [2.05, 4.69) is 25.5 Å². The van der Waals surface area contributed by atoms with Crippen LogP contribution in [0.4, 0.5) is 13.2 Å². The fourth-order valence-corrected chi connectivity index (χ4v) is 3.69. The molecule has 12 heteroatoms. The highest BCUT2D eigenvalue weighted by Crippen LogP contribution is 2.35. The van der Waals surface area contributed by atoms with E-state index < -0.39 is 12.0 Å². The summed E-state index contributed by atoms with van der Waals surface area (Å²) in [5, 5.41) is 20.1. The maximum atomic E-state index is 13.2. The average Bonchev–Trinajstić information content (AvgIpc) is 3.42. The van der Waals surface area contributed by atoms with Gasteiger partial charge in [0.1, 0.15) is 10.6 Å². The predicted molar refractivity (Wildman–Crippen MR) is 98.9 cm³/mol. The van der Waals surface area contributed by atoms with Crippen molar-refractivity contribution in [3.05, 3.63) is 47.3 Å². The monoisotopic (exact) mass is 432 g/mol. The van der Waals surface area contributed by atoms with Crippen molar-refractivity contribution < 1.29 is 22.0 Å². The molecule has 4 heterocycles. The summed E-state index contributed by atoms with van der Waals surface area (Å²) >= 11 is 0.952. The Morgan fingerprint density at radius 3 is 2.53 bits per heavy atom. The molecular weight excluding hydrogens is 421 g/mol. The van der Waals surface area contributed by atoms with E-state index in [1.807, 2.05) is 24.3 Å². The Bertz CT molecular complexity index is 1370. The topological polar surface area (TPSA) is 95.1 Å². The van der Waals surface area contributed by atoms with Gasteiger partial charge < -0.3 is 8.83 Å². The number of benzene rings is 1. The number of fused-ring (bicyclic) bond motifs is 2. The third-order valence-corrected chi connectivity index (χ3v) is 5.45. The van der Waals surface area contributed by atoms with Crippen LogP contribution >= 0.6 is 11.8 Å². The summed E-state index contributed by atoms with van der Waals surface area (Å²) in [4.78, 5) is 0. The highest BCUT2D eigenvalue weighted by Gasteiger charge is 2.38. The number of furan rings is 1. The number of nitrogens with zero attached hydrogens (tertiary/aromatic N) is 6. The molecular formula is C18H11F3N6O2S. The second kappa shape index (κ2) is 6.55. The molecule has 152 valence electrons. The zero-order chi connectivity index (χ0) is 21.0. The first-order valence-electron chi connectivity index (χ1n) is 8.61. The van der Waals surface area contributed by atoms with Gasteiger partial charge in [-0.25, -0.2) is 0 Å². The Labute approximate surface area is 170 Å². The maximum Gasteiger partial charge on any atom is 0.453 e. The molecule has 8 nitrogen and oxygen atoms in total. The number of alkyl halides is 3. The van der Waals surface area contributed by atoms with Crippen molar-refractivity contribution in [3.63, 3.8) is 0 Å². The Hall–Kier alpha value is -3.41. The lowest BCUT2D eigenvalue weighted by Gasteiger charge is -2.08. The first-order valence-corrected chi connectivity index (χ1v) is 9.43. The van der Waals surface area contributed by atoms with Crippen LogP contribution in [0.15, 0.2) is 49.4 Å². The quantitative estimate of drug-likeness (QED) is 0.405. The molecule has 5 aromatic rings. The van der Waals surface area contributed by atoms with Crippen molar-refractivity contribution in [1.82, 2.24) is 30.0 Å². The van der Waals surface area contributed by atoms with Gasteiger partial charge in [-0.1, -0.05) is 18.2 Å². The molecule has 4 aromatic heterocycles. The Morgan fingerprint density at radius 1 is 0.967 bits per heavy atom. The molecule has 0 atom stereocenters. The fourth-order valence-electron chi connectivity index (χ4n) is 2.90. The van der Waals surface area contributed by atoms with Crippen LogP contribution < -0.4 is 0 Å². The van der Waals surface area contributed by atoms with Gasteiger partial charge in [-0.2, -0.15) is 22.8 Å². The normalized spacial score (nSPS) is 12.3. The molecule has 0 aliphatic carbocycles. The van der Waals surface area contributed by atoms with Gasteiger partial charge >= 0.3 is 6.18 Å². The molecule has 0 amide bonds. The van der Waals surface area contributed by atoms with Crippen LogP contribution in [0.5, 0.6) is 0 Å². The average molecular weight is 432 g/mol. The molecule has 0 fully saturated rings. The minimum Gasteiger partial charge on any atom is -0.451 e. The molecule has 30 heavy (non-hydrogen) atoms. The lowest BCUT2D eigenvalue weighted by atomic mass is 10.2. The van der Waals surface area contributed by atoms with Crippen molar-refractivity contribution in [2.75, 3.05) is 0 Å². The largest absolute Gasteiger partial charge is 0.453 e. The van der Waals surface area contributed by atoms with Crippen LogP contribution in [0, 0.1) is 13.8 Å². The highest BCUT2D eigenvalue weighted by molar-refractivity contribution is 7.99. The molecule has 0 aliphatic heterocycles. The van der Waals surface area contributed by atoms with E-state index in [9.17, 15) is 13.2 Å². The van der Waals surface area contributed by atoms with Crippen molar-refractivity contribution in [3.8, 4) is 11.7 Å². The number of para-hydroxylation sites is 1. The maximum absolute atomic E-state index is 13.2. The van der Waals surface area contributed by atoms with Crippen LogP contribution in [-0.4, -0.2) is 30.0 Å². The second-order valence-corrected chi connectivity index (χ2v) is 7.38. The van der Waals surface area contributed by atoms with Gasteiger partial charge in [0.25, 0.3) is 16.9 Å². The third kappa shape index (κ3) is 3.00. The lowest BCUT2D eigenvalue weighted by Crippen LogP contribution is -2.13. The van der Waals surface area contributed by atoms with Gasteiger partial charge in [0, 0.05) is 10.9 Å². The van der Waals surface area contributed by atoms with Crippen LogP contribution in [0.25, 0.3) is 28.3 Å². The van der Waals surface area contributed by atoms with E-state index in [-0.39, 0.29) is 21.8 Å². The Balaban J connectivity index is 1.52. The first kappa shape index (κ1) is 18.6. The van der Waals surface area contributed by atoms with E-state index in [1.165, 1.54) is 0 Å². The summed E-state index contributed by atoms with van der Waals surface area (Å²) in [7, 11) is 0. The van der Waals surface area contributed by atoms with Gasteiger partial charge in [-0.3, -0.25) is 0 Å². The number of aryl methyl sites for hydroxylation is 1.